The summed E-state index contributed by atoms with van der Waals surface area (Å²) >= 11 is 0. The molecule has 29 heavy (non-hydrogen) atoms. The maximum atomic E-state index is 12.6. The predicted molar refractivity (Wildman–Crippen MR) is 112 cm³/mol. The summed E-state index contributed by atoms with van der Waals surface area (Å²) < 4.78 is 25.8. The second-order valence-corrected chi connectivity index (χ2v) is 9.40. The second kappa shape index (κ2) is 8.87. The van der Waals surface area contributed by atoms with Crippen molar-refractivity contribution in [2.45, 2.75) is 45.1 Å². The van der Waals surface area contributed by atoms with E-state index in [9.17, 15) is 18.0 Å². The predicted octanol–water partition coefficient (Wildman–Crippen LogP) is 2.28. The molecule has 1 fully saturated rings. The van der Waals surface area contributed by atoms with Crippen molar-refractivity contribution in [3.05, 3.63) is 46.4 Å². The molecule has 1 heterocycles. The Bertz CT molecular complexity index is 1040. The lowest BCUT2D eigenvalue weighted by Crippen LogP contribution is -2.45. The molecule has 0 unspecified atom stereocenters. The average molecular weight is 419 g/mol. The van der Waals surface area contributed by atoms with E-state index in [2.05, 4.69) is 15.3 Å². The number of nitrogens with zero attached hydrogens (tertiary/aromatic N) is 2. The zero-order valence-electron chi connectivity index (χ0n) is 16.6. The Morgan fingerprint density at radius 1 is 1.24 bits per heavy atom. The number of rotatable bonds is 6. The van der Waals surface area contributed by atoms with Gasteiger partial charge in [-0.05, 0) is 31.9 Å². The number of nitrogens with one attached hydrogen (secondary N) is 2. The maximum absolute atomic E-state index is 12.6. The molecule has 1 aliphatic rings. The second-order valence-electron chi connectivity index (χ2n) is 7.46. The molecule has 1 aromatic heterocycles. The van der Waals surface area contributed by atoms with Gasteiger partial charge in [0.1, 0.15) is 5.82 Å². The van der Waals surface area contributed by atoms with Crippen molar-refractivity contribution in [2.75, 3.05) is 18.1 Å². The molecule has 1 aromatic carbocycles. The van der Waals surface area contributed by atoms with Crippen LogP contribution in [0.2, 0.25) is 0 Å². The number of H-pyrrole nitrogens is 1. The van der Waals surface area contributed by atoms with E-state index in [1.807, 2.05) is 0 Å². The van der Waals surface area contributed by atoms with Gasteiger partial charge in [0.25, 0.3) is 5.56 Å². The quantitative estimate of drug-likeness (QED) is 0.747. The summed E-state index contributed by atoms with van der Waals surface area (Å²) in [5.41, 5.74) is 1.50. The number of benzene rings is 1. The fraction of sp³-hybridized carbons (Fsp3) is 0.450. The molecule has 0 aliphatic heterocycles. The van der Waals surface area contributed by atoms with Gasteiger partial charge < -0.3 is 10.3 Å². The minimum absolute atomic E-state index is 0.127. The van der Waals surface area contributed by atoms with Crippen LogP contribution in [0.4, 0.5) is 5.69 Å². The summed E-state index contributed by atoms with van der Waals surface area (Å²) in [5, 5.41) is 2.76. The van der Waals surface area contributed by atoms with E-state index in [-0.39, 0.29) is 18.1 Å². The number of hydrogen-bond donors (Lipinski definition) is 2. The third kappa shape index (κ3) is 5.74. The van der Waals surface area contributed by atoms with Gasteiger partial charge in [0.2, 0.25) is 15.9 Å². The molecule has 3 rings (SSSR count). The van der Waals surface area contributed by atoms with E-state index in [0.717, 1.165) is 38.4 Å². The lowest BCUT2D eigenvalue weighted by atomic mass is 9.95. The first kappa shape index (κ1) is 21.2. The Morgan fingerprint density at radius 2 is 1.97 bits per heavy atom. The van der Waals surface area contributed by atoms with Crippen LogP contribution in [0.5, 0.6) is 0 Å². The van der Waals surface area contributed by atoms with Crippen molar-refractivity contribution in [1.29, 1.82) is 0 Å². The Kier molecular flexibility index (Phi) is 6.49. The van der Waals surface area contributed by atoms with Gasteiger partial charge >= 0.3 is 0 Å². The number of sulfonamides is 1. The zero-order chi connectivity index (χ0) is 21.0. The molecule has 1 aliphatic carbocycles. The highest BCUT2D eigenvalue weighted by atomic mass is 32.2. The molecular formula is C20H26N4O4S. The van der Waals surface area contributed by atoms with Crippen molar-refractivity contribution >= 4 is 21.6 Å². The van der Waals surface area contributed by atoms with Gasteiger partial charge in [0.05, 0.1) is 12.8 Å². The molecule has 2 aromatic rings. The summed E-state index contributed by atoms with van der Waals surface area (Å²) in [6.07, 6.45) is 5.76. The lowest BCUT2D eigenvalue weighted by molar-refractivity contribution is -0.116. The fourth-order valence-electron chi connectivity index (χ4n) is 3.69. The van der Waals surface area contributed by atoms with E-state index >= 15 is 0 Å². The highest BCUT2D eigenvalue weighted by molar-refractivity contribution is 7.88. The highest BCUT2D eigenvalue weighted by Gasteiger charge is 2.29. The van der Waals surface area contributed by atoms with E-state index in [1.54, 1.807) is 31.2 Å². The number of carbonyl (C=O) groups is 1. The van der Waals surface area contributed by atoms with Crippen LogP contribution in [0, 0.1) is 6.92 Å². The van der Waals surface area contributed by atoms with Gasteiger partial charge in [-0.15, -0.1) is 0 Å². The van der Waals surface area contributed by atoms with E-state index in [4.69, 9.17) is 0 Å². The zero-order valence-corrected chi connectivity index (χ0v) is 17.5. The normalized spacial score (nSPS) is 15.4. The van der Waals surface area contributed by atoms with Crippen molar-refractivity contribution < 1.29 is 13.2 Å². The van der Waals surface area contributed by atoms with Crippen LogP contribution >= 0.6 is 0 Å². The third-order valence-electron chi connectivity index (χ3n) is 5.00. The summed E-state index contributed by atoms with van der Waals surface area (Å²) in [5.74, 6) is 0.00918. The first-order valence-electron chi connectivity index (χ1n) is 9.67. The average Bonchev–Trinajstić information content (AvgIpc) is 2.65. The van der Waals surface area contributed by atoms with Crippen LogP contribution in [0.1, 0.15) is 37.8 Å². The first-order chi connectivity index (χ1) is 13.7. The molecule has 0 radical (unpaired) electrons. The molecule has 2 N–H and O–H groups in total. The number of amides is 1. The van der Waals surface area contributed by atoms with E-state index < -0.39 is 15.9 Å². The van der Waals surface area contributed by atoms with Crippen LogP contribution in [0.15, 0.2) is 35.1 Å². The van der Waals surface area contributed by atoms with E-state index in [1.165, 1.54) is 10.4 Å². The van der Waals surface area contributed by atoms with E-state index in [0.29, 0.717) is 22.8 Å². The van der Waals surface area contributed by atoms with Gasteiger partial charge in [0, 0.05) is 29.1 Å². The van der Waals surface area contributed by atoms with Crippen LogP contribution in [0.3, 0.4) is 0 Å². The van der Waals surface area contributed by atoms with Gasteiger partial charge in [0.15, 0.2) is 0 Å². The Labute approximate surface area is 170 Å². The summed E-state index contributed by atoms with van der Waals surface area (Å²) in [6.45, 7) is 1.52. The minimum Gasteiger partial charge on any atom is -0.325 e. The smallest absolute Gasteiger partial charge is 0.251 e. The summed E-state index contributed by atoms with van der Waals surface area (Å²) in [6, 6.07) is 8.19. The molecule has 0 saturated heterocycles. The molecule has 8 nitrogen and oxygen atoms in total. The fourth-order valence-corrected chi connectivity index (χ4v) is 4.79. The molecule has 1 saturated carbocycles. The van der Waals surface area contributed by atoms with Gasteiger partial charge in [-0.1, -0.05) is 31.4 Å². The molecule has 0 bridgehead atoms. The van der Waals surface area contributed by atoms with Gasteiger partial charge in [-0.25, -0.2) is 13.4 Å². The molecule has 0 atom stereocenters. The third-order valence-corrected chi connectivity index (χ3v) is 6.28. The number of anilines is 1. The standard InChI is InChI=1S/C20H26N4O4S/c1-14-11-18(25)23-20(21-14)15-7-6-8-16(12-15)22-19(26)13-24(29(2,27)28)17-9-4-3-5-10-17/h6-8,11-12,17H,3-5,9-10,13H2,1-2H3,(H,22,26)(H,21,23,25). The number of aromatic amines is 1. The van der Waals surface area contributed by atoms with Gasteiger partial charge in [-0.3, -0.25) is 9.59 Å². The van der Waals surface area contributed by atoms with Gasteiger partial charge in [-0.2, -0.15) is 4.31 Å². The Morgan fingerprint density at radius 3 is 2.62 bits per heavy atom. The summed E-state index contributed by atoms with van der Waals surface area (Å²) in [7, 11) is -3.49. The van der Waals surface area contributed by atoms with Crippen molar-refractivity contribution in [1.82, 2.24) is 14.3 Å². The Balaban J connectivity index is 1.75. The molecular weight excluding hydrogens is 392 g/mol. The van der Waals surface area contributed by atoms with Crippen molar-refractivity contribution in [3.63, 3.8) is 0 Å². The van der Waals surface area contributed by atoms with Crippen LogP contribution in [-0.4, -0.2) is 47.4 Å². The van der Waals surface area contributed by atoms with Crippen LogP contribution in [-0.2, 0) is 14.8 Å². The van der Waals surface area contributed by atoms with Crippen LogP contribution < -0.4 is 10.9 Å². The molecule has 156 valence electrons. The monoisotopic (exact) mass is 418 g/mol. The Hall–Kier alpha value is -2.52. The largest absolute Gasteiger partial charge is 0.325 e. The number of carbonyl (C=O) groups excluding carboxylic acids is 1. The molecule has 1 amide bonds. The number of aryl methyl sites for hydroxylation is 1. The highest BCUT2D eigenvalue weighted by Crippen LogP contribution is 2.24. The first-order valence-corrected chi connectivity index (χ1v) is 11.5. The van der Waals surface area contributed by atoms with Crippen molar-refractivity contribution in [2.24, 2.45) is 0 Å². The summed E-state index contributed by atoms with van der Waals surface area (Å²) in [4.78, 5) is 31.2. The minimum atomic E-state index is -3.49. The topological polar surface area (TPSA) is 112 Å². The van der Waals surface area contributed by atoms with Crippen LogP contribution in [0.25, 0.3) is 11.4 Å². The lowest BCUT2D eigenvalue weighted by Gasteiger charge is -2.31. The maximum Gasteiger partial charge on any atom is 0.251 e. The SMILES string of the molecule is Cc1cc(=O)[nH]c(-c2cccc(NC(=O)CN(C3CCCCC3)S(C)(=O)=O)c2)n1. The number of aromatic nitrogens is 2. The number of hydrogen-bond acceptors (Lipinski definition) is 5. The molecule has 9 heteroatoms. The molecule has 0 spiro atoms. The van der Waals surface area contributed by atoms with Crippen molar-refractivity contribution in [3.8, 4) is 11.4 Å².